The van der Waals surface area contributed by atoms with Gasteiger partial charge in [-0.25, -0.2) is 0 Å². The van der Waals surface area contributed by atoms with Crippen LogP contribution in [0, 0.1) is 61.3 Å². The summed E-state index contributed by atoms with van der Waals surface area (Å²) in [5.41, 5.74) is 0. The molecule has 0 aromatic carbocycles. The third-order valence-corrected chi connectivity index (χ3v) is 0. The van der Waals surface area contributed by atoms with Crippen LogP contribution in [0.1, 0.15) is 0 Å². The van der Waals surface area contributed by atoms with Crippen molar-refractivity contribution in [3.05, 3.63) is 61.3 Å². The van der Waals surface area contributed by atoms with Crippen LogP contribution in [0.4, 0.5) is 0 Å². The van der Waals surface area contributed by atoms with E-state index in [0.717, 1.165) is 0 Å². The van der Waals surface area contributed by atoms with Crippen LogP contribution in [-0.2, 0) is 19.5 Å². The molecule has 1 radical (unpaired) electrons. The van der Waals surface area contributed by atoms with Crippen molar-refractivity contribution in [1.82, 2.24) is 0 Å². The summed E-state index contributed by atoms with van der Waals surface area (Å²) in [5.74, 6) is 0. The SMILES string of the molecule is O=[N+]([O-])[O-].O=[N+]([O-])[O-].O=[N+]([O-])[O-].O=[N+]([O-])[O-].[Na+].[Ru+3]. The third kappa shape index (κ3) is 1050. The van der Waals surface area contributed by atoms with Crippen molar-refractivity contribution in [3.63, 3.8) is 0 Å². The van der Waals surface area contributed by atoms with Gasteiger partial charge in [0.15, 0.2) is 0 Å². The standard InChI is InChI=1S/4NO3.Na.Ru/c4*2-1(3)4;;/q4*-1;+1;+3. The average Bonchev–Trinajstić information content (AvgIpc) is 1.76. The molecular formula is N4NaO12Ru. The van der Waals surface area contributed by atoms with Crippen molar-refractivity contribution in [2.24, 2.45) is 0 Å². The molecule has 0 bridgehead atoms. The predicted octanol–water partition coefficient (Wildman–Crippen LogP) is -3.95. The second-order valence-electron chi connectivity index (χ2n) is 0.894. The second-order valence-corrected chi connectivity index (χ2v) is 0.894. The molecule has 0 amide bonds. The van der Waals surface area contributed by atoms with E-state index < -0.39 is 20.3 Å². The third-order valence-electron chi connectivity index (χ3n) is 0. The minimum atomic E-state index is -1.75. The molecule has 0 saturated carbocycles. The number of rotatable bonds is 0. The molecule has 0 rings (SSSR count). The van der Waals surface area contributed by atoms with Crippen LogP contribution in [-0.4, -0.2) is 20.3 Å². The Bertz CT molecular complexity index is 164. The first-order valence-electron chi connectivity index (χ1n) is 2.19. The maximum absolute atomic E-state index is 8.25. The largest absolute Gasteiger partial charge is 3.00 e. The summed E-state index contributed by atoms with van der Waals surface area (Å²) >= 11 is 0. The van der Waals surface area contributed by atoms with Gasteiger partial charge in [-0.15, -0.1) is 0 Å². The molecule has 0 aromatic rings. The van der Waals surface area contributed by atoms with Crippen LogP contribution in [0.3, 0.4) is 0 Å². The van der Waals surface area contributed by atoms with Crippen LogP contribution in [0.25, 0.3) is 0 Å². The van der Waals surface area contributed by atoms with Gasteiger partial charge in [-0.05, 0) is 0 Å². The monoisotopic (exact) mass is 373 g/mol. The zero-order valence-electron chi connectivity index (χ0n) is 8.04. The Kier molecular flexibility index (Phi) is 59.0. The van der Waals surface area contributed by atoms with E-state index in [9.17, 15) is 0 Å². The quantitative estimate of drug-likeness (QED) is 0.224. The zero-order chi connectivity index (χ0) is 14.3. The summed E-state index contributed by atoms with van der Waals surface area (Å²) in [6, 6.07) is 0. The van der Waals surface area contributed by atoms with Gasteiger partial charge in [0.2, 0.25) is 0 Å². The zero-order valence-corrected chi connectivity index (χ0v) is 11.8. The summed E-state index contributed by atoms with van der Waals surface area (Å²) in [6.45, 7) is 0. The van der Waals surface area contributed by atoms with E-state index >= 15 is 0 Å². The Balaban J connectivity index is -0.0000000257. The van der Waals surface area contributed by atoms with Gasteiger partial charge in [-0.3, -0.25) is 0 Å². The maximum Gasteiger partial charge on any atom is 3.00 e. The Morgan fingerprint density at radius 3 is 0.444 bits per heavy atom. The normalized spacial score (nSPS) is 5.33. The molecule has 0 atom stereocenters. The van der Waals surface area contributed by atoms with Crippen molar-refractivity contribution >= 4 is 0 Å². The van der Waals surface area contributed by atoms with Crippen LogP contribution < -0.4 is 29.6 Å². The van der Waals surface area contributed by atoms with Gasteiger partial charge in [0, 0.05) is 0 Å². The summed E-state index contributed by atoms with van der Waals surface area (Å²) in [4.78, 5) is 33.0. The summed E-state index contributed by atoms with van der Waals surface area (Å²) in [7, 11) is 0. The van der Waals surface area contributed by atoms with Crippen molar-refractivity contribution in [1.29, 1.82) is 0 Å². The van der Waals surface area contributed by atoms with Gasteiger partial charge in [0.1, 0.15) is 0 Å². The van der Waals surface area contributed by atoms with E-state index in [-0.39, 0.29) is 49.0 Å². The van der Waals surface area contributed by atoms with Crippen molar-refractivity contribution in [2.45, 2.75) is 0 Å². The van der Waals surface area contributed by atoms with Crippen LogP contribution in [0.15, 0.2) is 0 Å². The van der Waals surface area contributed by atoms with E-state index in [2.05, 4.69) is 0 Å². The fraction of sp³-hybridized carbons (Fsp3) is 0. The predicted molar refractivity (Wildman–Crippen MR) is 41.4 cm³/mol. The minimum Gasteiger partial charge on any atom is -0.356 e. The van der Waals surface area contributed by atoms with Gasteiger partial charge >= 0.3 is 49.0 Å². The number of hydrogen-bond donors (Lipinski definition) is 0. The van der Waals surface area contributed by atoms with Gasteiger partial charge in [-0.2, -0.15) is 0 Å². The van der Waals surface area contributed by atoms with Gasteiger partial charge in [0.05, 0.1) is 20.3 Å². The Hall–Kier alpha value is -1.58. The van der Waals surface area contributed by atoms with E-state index in [1.54, 1.807) is 0 Å². The molecule has 0 aliphatic carbocycles. The van der Waals surface area contributed by atoms with E-state index in [4.69, 9.17) is 61.3 Å². The van der Waals surface area contributed by atoms with Crippen LogP contribution in [0.5, 0.6) is 0 Å². The maximum atomic E-state index is 8.25. The first-order chi connectivity index (χ1) is 6.93. The Labute approximate surface area is 130 Å². The van der Waals surface area contributed by atoms with Crippen LogP contribution >= 0.6 is 0 Å². The smallest absolute Gasteiger partial charge is 0.356 e. The van der Waals surface area contributed by atoms with Crippen molar-refractivity contribution in [2.75, 3.05) is 0 Å². The molecule has 0 N–H and O–H groups in total. The van der Waals surface area contributed by atoms with Crippen molar-refractivity contribution < 1.29 is 69.4 Å². The average molecular weight is 372 g/mol. The molecule has 0 aromatic heterocycles. The molecule has 0 aliphatic heterocycles. The molecule has 101 valence electrons. The first kappa shape index (κ1) is 36.0. The fourth-order valence-electron chi connectivity index (χ4n) is 0. The molecule has 0 heterocycles. The fourth-order valence-corrected chi connectivity index (χ4v) is 0. The van der Waals surface area contributed by atoms with Gasteiger partial charge in [0.25, 0.3) is 0 Å². The van der Waals surface area contributed by atoms with E-state index in [1.807, 2.05) is 0 Å². The van der Waals surface area contributed by atoms with E-state index in [0.29, 0.717) is 0 Å². The summed E-state index contributed by atoms with van der Waals surface area (Å²) in [5, 5.41) is 59.0. The first-order valence-corrected chi connectivity index (χ1v) is 2.19. The van der Waals surface area contributed by atoms with Gasteiger partial charge < -0.3 is 61.3 Å². The summed E-state index contributed by atoms with van der Waals surface area (Å²) in [6.07, 6.45) is 0. The Morgan fingerprint density at radius 1 is 0.444 bits per heavy atom. The molecule has 0 unspecified atom stereocenters. The van der Waals surface area contributed by atoms with Gasteiger partial charge in [-0.1, -0.05) is 0 Å². The molecule has 16 nitrogen and oxygen atoms in total. The minimum absolute atomic E-state index is 0. The molecule has 0 fully saturated rings. The molecular weight excluding hydrogens is 372 g/mol. The van der Waals surface area contributed by atoms with Crippen molar-refractivity contribution in [3.8, 4) is 0 Å². The molecule has 18 heavy (non-hydrogen) atoms. The Morgan fingerprint density at radius 2 is 0.444 bits per heavy atom. The number of nitrogens with zero attached hydrogens (tertiary/aromatic N) is 4. The van der Waals surface area contributed by atoms with Crippen LogP contribution in [0.2, 0.25) is 0 Å². The topological polar surface area (TPSA) is 265 Å². The molecule has 0 aliphatic rings. The molecule has 18 heteroatoms. The second kappa shape index (κ2) is 29.5. The summed E-state index contributed by atoms with van der Waals surface area (Å²) < 4.78 is 0. The molecule has 0 spiro atoms. The molecule has 0 saturated heterocycles. The van der Waals surface area contributed by atoms with E-state index in [1.165, 1.54) is 0 Å². The number of hydrogen-bond acceptors (Lipinski definition) is 12.